The second-order valence-electron chi connectivity index (χ2n) is 23.6. The van der Waals surface area contributed by atoms with Gasteiger partial charge in [0, 0.05) is 56.3 Å². The largest absolute Gasteiger partial charge is 0.456 e. The summed E-state index contributed by atoms with van der Waals surface area (Å²) in [6, 6.07) is 57.4. The highest BCUT2D eigenvalue weighted by Gasteiger charge is 2.39. The average Bonchev–Trinajstić information content (AvgIpc) is 3.80. The smallest absolute Gasteiger partial charge is 0.197 e. The van der Waals surface area contributed by atoms with E-state index in [4.69, 9.17) is 4.42 Å². The van der Waals surface area contributed by atoms with Crippen LogP contribution in [-0.4, -0.2) is 7.28 Å². The van der Waals surface area contributed by atoms with Gasteiger partial charge in [0.05, 0.1) is 0 Å². The third-order valence-electron chi connectivity index (χ3n) is 16.8. The predicted octanol–water partition coefficient (Wildman–Crippen LogP) is 17.0. The van der Waals surface area contributed by atoms with Crippen molar-refractivity contribution >= 4 is 90.1 Å². The van der Waals surface area contributed by atoms with Crippen LogP contribution in [0.15, 0.2) is 156 Å². The van der Waals surface area contributed by atoms with Crippen molar-refractivity contribution in [3.63, 3.8) is 0 Å². The topological polar surface area (TPSA) is 28.4 Å². The Bertz CT molecular complexity index is 3880. The summed E-state index contributed by atoms with van der Waals surface area (Å²) >= 11 is 0. The van der Waals surface area contributed by atoms with E-state index < -0.39 is 0 Å². The molecule has 0 bridgehead atoms. The number of rotatable bonds is 4. The molecule has 0 saturated carbocycles. The number of hydrogen-bond donors (Lipinski definition) is 1. The van der Waals surface area contributed by atoms with E-state index in [1.165, 1.54) is 93.5 Å². The summed E-state index contributed by atoms with van der Waals surface area (Å²) in [6.07, 6.45) is 2.32. The molecule has 2 heterocycles. The van der Waals surface area contributed by atoms with E-state index in [0.29, 0.717) is 0 Å². The lowest BCUT2D eigenvalue weighted by Gasteiger charge is -2.41. The Balaban J connectivity index is 1.07. The van der Waals surface area contributed by atoms with E-state index in [0.717, 1.165) is 57.8 Å². The first kappa shape index (κ1) is 43.0. The summed E-state index contributed by atoms with van der Waals surface area (Å²) in [5.41, 5.74) is 23.1. The lowest BCUT2D eigenvalue weighted by atomic mass is 9.57. The molecule has 343 valence electrons. The summed E-state index contributed by atoms with van der Waals surface area (Å²) in [4.78, 5) is 2.53. The molecule has 1 N–H and O–H groups in total. The highest BCUT2D eigenvalue weighted by molar-refractivity contribution is 6.74. The van der Waals surface area contributed by atoms with Crippen molar-refractivity contribution in [1.29, 1.82) is 0 Å². The molecule has 1 aliphatic heterocycles. The lowest BCUT2D eigenvalue weighted by molar-refractivity contribution is 0.332. The zero-order valence-corrected chi connectivity index (χ0v) is 42.3. The first-order chi connectivity index (χ1) is 33.5. The Morgan fingerprint density at radius 2 is 1.19 bits per heavy atom. The van der Waals surface area contributed by atoms with Gasteiger partial charge < -0.3 is 14.6 Å². The molecule has 0 fully saturated rings. The number of hydrogen-bond acceptors (Lipinski definition) is 3. The maximum atomic E-state index is 7.01. The number of benzene rings is 9. The van der Waals surface area contributed by atoms with Gasteiger partial charge in [0.1, 0.15) is 11.2 Å². The van der Waals surface area contributed by atoms with Gasteiger partial charge >= 0.3 is 0 Å². The third-order valence-corrected chi connectivity index (χ3v) is 16.8. The van der Waals surface area contributed by atoms with Crippen molar-refractivity contribution in [1.82, 2.24) is 0 Å². The maximum absolute atomic E-state index is 7.01. The summed E-state index contributed by atoms with van der Waals surface area (Å²) in [5, 5.41) is 11.2. The van der Waals surface area contributed by atoms with Crippen LogP contribution in [0.5, 0.6) is 0 Å². The minimum absolute atomic E-state index is 0.0111. The molecule has 0 amide bonds. The summed E-state index contributed by atoms with van der Waals surface area (Å²) in [6.45, 7) is 23.5. The van der Waals surface area contributed by atoms with E-state index in [9.17, 15) is 0 Å². The van der Waals surface area contributed by atoms with Gasteiger partial charge in [-0.1, -0.05) is 171 Å². The van der Waals surface area contributed by atoms with Crippen LogP contribution in [-0.2, 0) is 21.7 Å². The predicted molar refractivity (Wildman–Crippen MR) is 300 cm³/mol. The number of furan rings is 1. The molecule has 0 spiro atoms. The van der Waals surface area contributed by atoms with Gasteiger partial charge in [0.25, 0.3) is 0 Å². The fraction of sp³-hybridized carbons (Fsp3) is 0.242. The minimum Gasteiger partial charge on any atom is -0.456 e. The van der Waals surface area contributed by atoms with E-state index in [1.807, 2.05) is 0 Å². The van der Waals surface area contributed by atoms with Crippen molar-refractivity contribution < 1.29 is 4.42 Å². The van der Waals surface area contributed by atoms with Crippen LogP contribution in [0.3, 0.4) is 0 Å². The van der Waals surface area contributed by atoms with E-state index >= 15 is 0 Å². The van der Waals surface area contributed by atoms with Crippen molar-refractivity contribution in [2.45, 2.75) is 104 Å². The Kier molecular flexibility index (Phi) is 9.06. The molecule has 9 aromatic carbocycles. The molecule has 1 aromatic heterocycles. The van der Waals surface area contributed by atoms with Crippen molar-refractivity contribution in [3.05, 3.63) is 185 Å². The Hall–Kier alpha value is -7.04. The monoisotopic (exact) mass is 907 g/mol. The van der Waals surface area contributed by atoms with Crippen LogP contribution in [0, 0.1) is 6.92 Å². The number of fused-ring (bicyclic) bond motifs is 11. The first-order valence-corrected chi connectivity index (χ1v) is 25.4. The van der Waals surface area contributed by atoms with Gasteiger partial charge in [-0.25, -0.2) is 0 Å². The van der Waals surface area contributed by atoms with Gasteiger partial charge in [-0.2, -0.15) is 0 Å². The number of aryl methyl sites for hydroxylation is 1. The second-order valence-corrected chi connectivity index (χ2v) is 23.6. The molecule has 0 saturated heterocycles. The molecule has 0 atom stereocenters. The molecule has 0 unspecified atom stereocenters. The average molecular weight is 908 g/mol. The number of nitrogens with zero attached hydrogens (tertiary/aromatic N) is 1. The fourth-order valence-electron chi connectivity index (χ4n) is 12.6. The fourth-order valence-corrected chi connectivity index (χ4v) is 12.6. The lowest BCUT2D eigenvalue weighted by Crippen LogP contribution is -2.41. The van der Waals surface area contributed by atoms with Gasteiger partial charge in [0.15, 0.2) is 7.28 Å². The van der Waals surface area contributed by atoms with Crippen LogP contribution in [0.1, 0.15) is 109 Å². The SMILES string of the molecule is Cc1cc(C(C)(C)C)ccc1N1c2cc3oc4cc5c(cc4c3cc2[B]c2c1cc1ccccc1c2-c1c(Nc2ccc3c(c2)C(C)(C)c2ccccc2-3)ccc2ccccc12)C(C)(C)CCC5(C)C. The van der Waals surface area contributed by atoms with Gasteiger partial charge in [-0.05, 0) is 156 Å². The van der Waals surface area contributed by atoms with Gasteiger partial charge in [-0.3, -0.25) is 0 Å². The molecule has 4 heteroatoms. The van der Waals surface area contributed by atoms with Crippen molar-refractivity contribution in [2.75, 3.05) is 10.2 Å². The molecule has 10 aromatic rings. The van der Waals surface area contributed by atoms with Crippen molar-refractivity contribution in [2.24, 2.45) is 0 Å². The molecular formula is C66H60BN2O. The Labute approximate surface area is 413 Å². The zero-order valence-electron chi connectivity index (χ0n) is 42.3. The molecule has 3 nitrogen and oxygen atoms in total. The molecule has 70 heavy (non-hydrogen) atoms. The van der Waals surface area contributed by atoms with Gasteiger partial charge in [0.2, 0.25) is 0 Å². The van der Waals surface area contributed by atoms with E-state index in [-0.39, 0.29) is 21.7 Å². The zero-order chi connectivity index (χ0) is 48.2. The third kappa shape index (κ3) is 6.34. The molecule has 2 aliphatic carbocycles. The highest BCUT2D eigenvalue weighted by atomic mass is 16.3. The summed E-state index contributed by atoms with van der Waals surface area (Å²) in [5.74, 6) is 0. The minimum atomic E-state index is -0.114. The normalized spacial score (nSPS) is 16.2. The first-order valence-electron chi connectivity index (χ1n) is 25.4. The number of nitrogens with one attached hydrogen (secondary N) is 1. The maximum Gasteiger partial charge on any atom is 0.197 e. The molecule has 3 aliphatic rings. The molecule has 1 radical (unpaired) electrons. The molecular weight excluding hydrogens is 848 g/mol. The van der Waals surface area contributed by atoms with Gasteiger partial charge in [-0.15, -0.1) is 0 Å². The number of anilines is 5. The van der Waals surface area contributed by atoms with Crippen LogP contribution in [0.2, 0.25) is 0 Å². The summed E-state index contributed by atoms with van der Waals surface area (Å²) < 4.78 is 7.01. The van der Waals surface area contributed by atoms with Crippen molar-refractivity contribution in [3.8, 4) is 22.3 Å². The van der Waals surface area contributed by atoms with E-state index in [1.54, 1.807) is 0 Å². The van der Waals surface area contributed by atoms with Crippen LogP contribution in [0.25, 0.3) is 65.7 Å². The Morgan fingerprint density at radius 1 is 0.529 bits per heavy atom. The quantitative estimate of drug-likeness (QED) is 0.178. The van der Waals surface area contributed by atoms with E-state index in [2.05, 4.69) is 238 Å². The Morgan fingerprint density at radius 3 is 1.94 bits per heavy atom. The standard InChI is InChI=1S/C66H60BN2O/c1-38-31-41(63(2,3)4)24-28-55(38)69-56-37-59-48(47-34-51-52(36-58(47)70-59)65(7,8)30-29-64(51,5)6)35-53(56)67-62-57(69)32-40-18-12-14-20-44(40)61(62)60-43-19-13-11-17-39(43)23-27-54(60)68-42-25-26-46-45-21-15-16-22-49(45)66(9,10)50(46)33-42/h11-28,31-37,68H,29-30H2,1-10H3. The van der Waals surface area contributed by atoms with Crippen LogP contribution < -0.4 is 21.1 Å². The second kappa shape index (κ2) is 14.7. The van der Waals surface area contributed by atoms with Crippen LogP contribution in [0.4, 0.5) is 28.4 Å². The molecule has 13 rings (SSSR count). The summed E-state index contributed by atoms with van der Waals surface area (Å²) in [7, 11) is 2.48. The highest BCUT2D eigenvalue weighted by Crippen LogP contribution is 2.52. The van der Waals surface area contributed by atoms with Crippen LogP contribution >= 0.6 is 0 Å².